The number of rotatable bonds is 6. The zero-order valence-corrected chi connectivity index (χ0v) is 20.5. The van der Waals surface area contributed by atoms with Crippen LogP contribution in [0.2, 0.25) is 5.02 Å². The second kappa shape index (κ2) is 9.51. The molecule has 4 rings (SSSR count). The van der Waals surface area contributed by atoms with E-state index in [1.807, 2.05) is 13.8 Å². The maximum absolute atomic E-state index is 13.5. The van der Waals surface area contributed by atoms with Crippen LogP contribution in [0.5, 0.6) is 0 Å². The summed E-state index contributed by atoms with van der Waals surface area (Å²) >= 11 is 8.80. The van der Waals surface area contributed by atoms with E-state index in [0.29, 0.717) is 37.3 Å². The normalized spacial score (nSPS) is 11.0. The van der Waals surface area contributed by atoms with Crippen LogP contribution in [0, 0.1) is 13.8 Å². The van der Waals surface area contributed by atoms with Gasteiger partial charge in [0.05, 0.1) is 16.8 Å². The average molecular weight is 498 g/mol. The first-order valence-electron chi connectivity index (χ1n) is 10.1. The summed E-state index contributed by atoms with van der Waals surface area (Å²) in [7, 11) is 0. The number of nitrogens with one attached hydrogen (secondary N) is 1. The minimum absolute atomic E-state index is 0.0339. The first-order chi connectivity index (χ1) is 15.7. The summed E-state index contributed by atoms with van der Waals surface area (Å²) in [5, 5.41) is 4.27. The van der Waals surface area contributed by atoms with Crippen molar-refractivity contribution in [2.45, 2.75) is 25.9 Å². The van der Waals surface area contributed by atoms with Crippen molar-refractivity contribution >= 4 is 62.3 Å². The molecule has 2 aromatic heterocycles. The van der Waals surface area contributed by atoms with Gasteiger partial charge in [-0.3, -0.25) is 19.0 Å². The average Bonchev–Trinajstić information content (AvgIpc) is 3.06. The predicted molar refractivity (Wildman–Crippen MR) is 136 cm³/mol. The molecular formula is C24H20ClN3O3S2. The Morgan fingerprint density at radius 3 is 2.64 bits per heavy atom. The van der Waals surface area contributed by atoms with Crippen LogP contribution in [0.4, 0.5) is 5.69 Å². The number of fused-ring (bicyclic) bond motifs is 1. The summed E-state index contributed by atoms with van der Waals surface area (Å²) in [6, 6.07) is 13.7. The molecule has 168 valence electrons. The Labute approximate surface area is 203 Å². The van der Waals surface area contributed by atoms with E-state index < -0.39 is 0 Å². The minimum atomic E-state index is -0.272. The van der Waals surface area contributed by atoms with Gasteiger partial charge in [0.15, 0.2) is 10.9 Å². The third-order valence-corrected chi connectivity index (χ3v) is 7.40. The lowest BCUT2D eigenvalue weighted by molar-refractivity contribution is -0.113. The van der Waals surface area contributed by atoms with E-state index in [2.05, 4.69) is 5.32 Å². The van der Waals surface area contributed by atoms with Crippen LogP contribution in [0.15, 0.2) is 58.5 Å². The molecule has 2 aromatic carbocycles. The molecule has 9 heteroatoms. The topological polar surface area (TPSA) is 81.1 Å². The number of aromatic nitrogens is 2. The number of thioether (sulfide) groups is 1. The number of carbonyl (C=O) groups is 2. The molecule has 4 aromatic rings. The Bertz CT molecular complexity index is 1460. The SMILES string of the molecule is CC(=O)c1cccc(NC(=O)CSc2nc3sc(C)c(C)c3c(=O)n2-c2cccc(Cl)c2)c1. The second-order valence-electron chi connectivity index (χ2n) is 7.45. The number of hydrogen-bond donors (Lipinski definition) is 1. The first kappa shape index (κ1) is 23.2. The standard InChI is InChI=1S/C24H20ClN3O3S2/c1-13-15(3)33-22-21(13)23(31)28(19-9-5-7-17(25)11-19)24(27-22)32-12-20(30)26-18-8-4-6-16(10-18)14(2)29/h4-11H,12H2,1-3H3,(H,26,30). The predicted octanol–water partition coefficient (Wildman–Crippen LogP) is 5.65. The molecular weight excluding hydrogens is 478 g/mol. The molecule has 0 atom stereocenters. The van der Waals surface area contributed by atoms with Crippen molar-refractivity contribution in [1.82, 2.24) is 9.55 Å². The Kier molecular flexibility index (Phi) is 6.69. The molecule has 1 N–H and O–H groups in total. The fourth-order valence-electron chi connectivity index (χ4n) is 3.36. The first-order valence-corrected chi connectivity index (χ1v) is 12.2. The van der Waals surface area contributed by atoms with Crippen molar-refractivity contribution in [2.75, 3.05) is 11.1 Å². The van der Waals surface area contributed by atoms with Gasteiger partial charge in [0.1, 0.15) is 4.83 Å². The number of aryl methyl sites for hydroxylation is 2. The molecule has 0 aliphatic carbocycles. The number of anilines is 1. The van der Waals surface area contributed by atoms with Crippen LogP contribution in [-0.4, -0.2) is 27.0 Å². The highest BCUT2D eigenvalue weighted by Crippen LogP contribution is 2.30. The summed E-state index contributed by atoms with van der Waals surface area (Å²) in [6.07, 6.45) is 0. The number of Topliss-reactive ketones (excluding diaryl/α,β-unsaturated/α-hetero) is 1. The van der Waals surface area contributed by atoms with Crippen LogP contribution >= 0.6 is 34.7 Å². The van der Waals surface area contributed by atoms with E-state index in [1.165, 1.54) is 34.6 Å². The molecule has 1 amide bonds. The molecule has 0 fully saturated rings. The number of carbonyl (C=O) groups excluding carboxylic acids is 2. The Morgan fingerprint density at radius 1 is 1.15 bits per heavy atom. The molecule has 0 aliphatic heterocycles. The second-order valence-corrected chi connectivity index (χ2v) is 10.0. The van der Waals surface area contributed by atoms with Gasteiger partial charge >= 0.3 is 0 Å². The number of amides is 1. The van der Waals surface area contributed by atoms with E-state index in [1.54, 1.807) is 48.5 Å². The number of hydrogen-bond acceptors (Lipinski definition) is 6. The van der Waals surface area contributed by atoms with Gasteiger partial charge in [-0.25, -0.2) is 4.98 Å². The van der Waals surface area contributed by atoms with E-state index in [4.69, 9.17) is 16.6 Å². The highest BCUT2D eigenvalue weighted by molar-refractivity contribution is 7.99. The Hall–Kier alpha value is -2.94. The fraction of sp³-hybridized carbons (Fsp3) is 0.167. The number of benzene rings is 2. The van der Waals surface area contributed by atoms with Crippen LogP contribution in [0.3, 0.4) is 0 Å². The number of ketones is 1. The summed E-state index contributed by atoms with van der Waals surface area (Å²) in [5.41, 5.74) is 2.35. The zero-order chi connectivity index (χ0) is 23.7. The van der Waals surface area contributed by atoms with Crippen molar-refractivity contribution in [3.63, 3.8) is 0 Å². The third-order valence-electron chi connectivity index (χ3n) is 5.12. The van der Waals surface area contributed by atoms with Gasteiger partial charge in [-0.2, -0.15) is 0 Å². The molecule has 0 saturated carbocycles. The summed E-state index contributed by atoms with van der Waals surface area (Å²) in [4.78, 5) is 44.1. The summed E-state index contributed by atoms with van der Waals surface area (Å²) in [6.45, 7) is 5.34. The zero-order valence-electron chi connectivity index (χ0n) is 18.1. The molecule has 0 saturated heterocycles. The van der Waals surface area contributed by atoms with Gasteiger partial charge in [0.25, 0.3) is 5.56 Å². The van der Waals surface area contributed by atoms with E-state index in [0.717, 1.165) is 10.4 Å². The van der Waals surface area contributed by atoms with E-state index in [-0.39, 0.29) is 23.0 Å². The highest BCUT2D eigenvalue weighted by atomic mass is 35.5. The van der Waals surface area contributed by atoms with Gasteiger partial charge in [-0.15, -0.1) is 11.3 Å². The highest BCUT2D eigenvalue weighted by Gasteiger charge is 2.19. The van der Waals surface area contributed by atoms with Crippen LogP contribution < -0.4 is 10.9 Å². The van der Waals surface area contributed by atoms with Gasteiger partial charge in [-0.1, -0.05) is 41.6 Å². The fourth-order valence-corrected chi connectivity index (χ4v) is 5.43. The molecule has 0 bridgehead atoms. The van der Waals surface area contributed by atoms with Crippen LogP contribution in [0.1, 0.15) is 27.7 Å². The van der Waals surface area contributed by atoms with E-state index in [9.17, 15) is 14.4 Å². The molecule has 6 nitrogen and oxygen atoms in total. The molecule has 0 radical (unpaired) electrons. The molecule has 0 unspecified atom stereocenters. The van der Waals surface area contributed by atoms with Crippen molar-refractivity contribution in [1.29, 1.82) is 0 Å². The van der Waals surface area contributed by atoms with Gasteiger partial charge < -0.3 is 5.32 Å². The lowest BCUT2D eigenvalue weighted by Gasteiger charge is -2.13. The van der Waals surface area contributed by atoms with Gasteiger partial charge in [-0.05, 0) is 56.7 Å². The van der Waals surface area contributed by atoms with E-state index >= 15 is 0 Å². The number of halogens is 1. The number of thiophene rings is 1. The Morgan fingerprint density at radius 2 is 1.91 bits per heavy atom. The maximum Gasteiger partial charge on any atom is 0.267 e. The molecule has 2 heterocycles. The van der Waals surface area contributed by atoms with Gasteiger partial charge in [0.2, 0.25) is 5.91 Å². The summed E-state index contributed by atoms with van der Waals surface area (Å²) in [5.74, 6) is -0.317. The molecule has 33 heavy (non-hydrogen) atoms. The monoisotopic (exact) mass is 497 g/mol. The summed E-state index contributed by atoms with van der Waals surface area (Å²) < 4.78 is 1.50. The van der Waals surface area contributed by atoms with Crippen molar-refractivity contribution in [3.8, 4) is 5.69 Å². The quantitative estimate of drug-likeness (QED) is 0.211. The van der Waals surface area contributed by atoms with Crippen LogP contribution in [0.25, 0.3) is 15.9 Å². The Balaban J connectivity index is 1.67. The van der Waals surface area contributed by atoms with Crippen LogP contribution in [-0.2, 0) is 4.79 Å². The lowest BCUT2D eigenvalue weighted by Crippen LogP contribution is -2.23. The lowest BCUT2D eigenvalue weighted by atomic mass is 10.1. The van der Waals surface area contributed by atoms with Crippen molar-refractivity contribution in [2.24, 2.45) is 0 Å². The smallest absolute Gasteiger partial charge is 0.267 e. The number of nitrogens with zero attached hydrogens (tertiary/aromatic N) is 2. The largest absolute Gasteiger partial charge is 0.325 e. The van der Waals surface area contributed by atoms with Gasteiger partial charge in [0, 0.05) is 21.2 Å². The molecule has 0 spiro atoms. The van der Waals surface area contributed by atoms with Crippen molar-refractivity contribution < 1.29 is 9.59 Å². The van der Waals surface area contributed by atoms with Crippen molar-refractivity contribution in [3.05, 3.63) is 79.9 Å². The maximum atomic E-state index is 13.5. The minimum Gasteiger partial charge on any atom is -0.325 e. The third kappa shape index (κ3) is 4.88. The molecule has 0 aliphatic rings.